The molecule has 3 nitrogen and oxygen atoms in total. The minimum absolute atomic E-state index is 0.0301. The summed E-state index contributed by atoms with van der Waals surface area (Å²) >= 11 is 9.53. The third-order valence-electron chi connectivity index (χ3n) is 4.30. The summed E-state index contributed by atoms with van der Waals surface area (Å²) in [6.07, 6.45) is 0.841. The van der Waals surface area contributed by atoms with E-state index >= 15 is 0 Å². The molecule has 0 unspecified atom stereocenters. The third kappa shape index (κ3) is 2.66. The molecular weight excluding hydrogens is 376 g/mol. The van der Waals surface area contributed by atoms with Crippen molar-refractivity contribution in [1.82, 2.24) is 9.88 Å². The minimum atomic E-state index is 0.0301. The topological polar surface area (TPSA) is 36.1 Å². The first-order chi connectivity index (χ1) is 11.1. The molecule has 3 aromatic rings. The van der Waals surface area contributed by atoms with E-state index in [-0.39, 0.29) is 5.91 Å². The lowest BCUT2D eigenvalue weighted by atomic mass is 10.0. The summed E-state index contributed by atoms with van der Waals surface area (Å²) in [7, 11) is 0. The van der Waals surface area contributed by atoms with Crippen LogP contribution in [0.2, 0.25) is 5.02 Å². The number of fused-ring (bicyclic) bond motifs is 3. The lowest BCUT2D eigenvalue weighted by Gasteiger charge is -2.27. The van der Waals surface area contributed by atoms with Gasteiger partial charge >= 0.3 is 0 Å². The van der Waals surface area contributed by atoms with Gasteiger partial charge in [0, 0.05) is 56.7 Å². The number of carbonyl (C=O) groups is 1. The predicted molar refractivity (Wildman–Crippen MR) is 95.9 cm³/mol. The number of amides is 1. The molecule has 2 aromatic carbocycles. The van der Waals surface area contributed by atoms with E-state index in [4.69, 9.17) is 11.6 Å². The molecule has 2 heterocycles. The Labute approximate surface area is 147 Å². The van der Waals surface area contributed by atoms with Crippen molar-refractivity contribution < 1.29 is 4.79 Å². The van der Waals surface area contributed by atoms with Gasteiger partial charge in [0.1, 0.15) is 0 Å². The van der Waals surface area contributed by atoms with Crippen molar-refractivity contribution in [3.05, 3.63) is 68.8 Å². The van der Waals surface area contributed by atoms with Gasteiger partial charge in [0.2, 0.25) is 0 Å². The van der Waals surface area contributed by atoms with E-state index in [2.05, 4.69) is 33.0 Å². The SMILES string of the molecule is O=C(c1cccc(Cl)c1)N1CCc2[nH]c3ccc(Br)cc3c2C1. The maximum absolute atomic E-state index is 12.7. The predicted octanol–water partition coefficient (Wildman–Crippen LogP) is 4.78. The lowest BCUT2D eigenvalue weighted by molar-refractivity contribution is 0.0735. The average molecular weight is 390 g/mol. The van der Waals surface area contributed by atoms with Gasteiger partial charge in [0.05, 0.1) is 0 Å². The van der Waals surface area contributed by atoms with Gasteiger partial charge < -0.3 is 9.88 Å². The smallest absolute Gasteiger partial charge is 0.254 e. The Morgan fingerprint density at radius 3 is 2.91 bits per heavy atom. The summed E-state index contributed by atoms with van der Waals surface area (Å²) in [6, 6.07) is 13.3. The number of hydrogen-bond donors (Lipinski definition) is 1. The fourth-order valence-corrected chi connectivity index (χ4v) is 3.72. The second-order valence-corrected chi connectivity index (χ2v) is 7.11. The zero-order valence-electron chi connectivity index (χ0n) is 12.3. The van der Waals surface area contributed by atoms with Crippen LogP contribution in [0.1, 0.15) is 21.6 Å². The van der Waals surface area contributed by atoms with Gasteiger partial charge in [-0.3, -0.25) is 4.79 Å². The van der Waals surface area contributed by atoms with E-state index in [1.807, 2.05) is 23.1 Å². The highest BCUT2D eigenvalue weighted by Gasteiger charge is 2.24. The summed E-state index contributed by atoms with van der Waals surface area (Å²) in [4.78, 5) is 18.1. The molecule has 0 spiro atoms. The van der Waals surface area contributed by atoms with Crippen LogP contribution in [0.25, 0.3) is 10.9 Å². The number of aromatic amines is 1. The molecule has 0 aliphatic carbocycles. The van der Waals surface area contributed by atoms with Gasteiger partial charge in [0.25, 0.3) is 5.91 Å². The largest absolute Gasteiger partial charge is 0.358 e. The fourth-order valence-electron chi connectivity index (χ4n) is 3.16. The summed E-state index contributed by atoms with van der Waals surface area (Å²) < 4.78 is 1.05. The summed E-state index contributed by atoms with van der Waals surface area (Å²) in [5, 5.41) is 1.77. The van der Waals surface area contributed by atoms with Crippen LogP contribution in [0.3, 0.4) is 0 Å². The molecule has 0 saturated carbocycles. The molecule has 116 valence electrons. The molecule has 1 N–H and O–H groups in total. The first-order valence-corrected chi connectivity index (χ1v) is 8.63. The van der Waals surface area contributed by atoms with Crippen molar-refractivity contribution in [2.75, 3.05) is 6.54 Å². The Hall–Kier alpha value is -1.78. The molecule has 1 aromatic heterocycles. The van der Waals surface area contributed by atoms with Gasteiger partial charge in [-0.1, -0.05) is 33.6 Å². The second kappa shape index (κ2) is 5.69. The number of carbonyl (C=O) groups excluding carboxylic acids is 1. The van der Waals surface area contributed by atoms with E-state index in [0.29, 0.717) is 23.7 Å². The first kappa shape index (κ1) is 14.8. The van der Waals surface area contributed by atoms with E-state index in [0.717, 1.165) is 16.4 Å². The number of aromatic nitrogens is 1. The van der Waals surface area contributed by atoms with Crippen LogP contribution in [0.5, 0.6) is 0 Å². The number of nitrogens with zero attached hydrogens (tertiary/aromatic N) is 1. The van der Waals surface area contributed by atoms with Crippen LogP contribution in [0.4, 0.5) is 0 Å². The molecule has 1 aliphatic rings. The van der Waals surface area contributed by atoms with Gasteiger partial charge in [0.15, 0.2) is 0 Å². The van der Waals surface area contributed by atoms with Crippen LogP contribution < -0.4 is 0 Å². The molecule has 5 heteroatoms. The zero-order valence-corrected chi connectivity index (χ0v) is 14.6. The Balaban J connectivity index is 1.69. The number of halogens is 2. The summed E-state index contributed by atoms with van der Waals surface area (Å²) in [6.45, 7) is 1.34. The molecule has 1 amide bonds. The molecule has 1 aliphatic heterocycles. The van der Waals surface area contributed by atoms with Gasteiger partial charge in [-0.25, -0.2) is 0 Å². The Kier molecular flexibility index (Phi) is 3.66. The molecule has 0 atom stereocenters. The zero-order chi connectivity index (χ0) is 16.0. The number of nitrogens with one attached hydrogen (secondary N) is 1. The molecule has 0 saturated heterocycles. The average Bonchev–Trinajstić information content (AvgIpc) is 2.91. The van der Waals surface area contributed by atoms with Crippen LogP contribution in [0.15, 0.2) is 46.9 Å². The standard InChI is InChI=1S/C18H14BrClN2O/c19-12-4-5-16-14(9-12)15-10-22(7-6-17(15)21-16)18(23)11-2-1-3-13(20)8-11/h1-5,8-9,21H,6-7,10H2. The highest BCUT2D eigenvalue weighted by molar-refractivity contribution is 9.10. The molecule has 0 radical (unpaired) electrons. The van der Waals surface area contributed by atoms with Gasteiger partial charge in [-0.05, 0) is 36.4 Å². The van der Waals surface area contributed by atoms with E-state index < -0.39 is 0 Å². The maximum Gasteiger partial charge on any atom is 0.254 e. The third-order valence-corrected chi connectivity index (χ3v) is 5.02. The Morgan fingerprint density at radius 2 is 2.09 bits per heavy atom. The van der Waals surface area contributed by atoms with Crippen molar-refractivity contribution in [3.8, 4) is 0 Å². The van der Waals surface area contributed by atoms with Crippen LogP contribution in [-0.2, 0) is 13.0 Å². The van der Waals surface area contributed by atoms with Crippen molar-refractivity contribution in [2.24, 2.45) is 0 Å². The van der Waals surface area contributed by atoms with Crippen LogP contribution in [-0.4, -0.2) is 22.3 Å². The van der Waals surface area contributed by atoms with Gasteiger partial charge in [-0.2, -0.15) is 0 Å². The van der Waals surface area contributed by atoms with E-state index in [9.17, 15) is 4.79 Å². The fraction of sp³-hybridized carbons (Fsp3) is 0.167. The lowest BCUT2D eigenvalue weighted by Crippen LogP contribution is -2.35. The quantitative estimate of drug-likeness (QED) is 0.638. The molecule has 4 rings (SSSR count). The minimum Gasteiger partial charge on any atom is -0.358 e. The van der Waals surface area contributed by atoms with E-state index in [1.54, 1.807) is 12.1 Å². The van der Waals surface area contributed by atoms with Crippen LogP contribution in [0, 0.1) is 0 Å². The van der Waals surface area contributed by atoms with Crippen molar-refractivity contribution in [1.29, 1.82) is 0 Å². The maximum atomic E-state index is 12.7. The van der Waals surface area contributed by atoms with Crippen molar-refractivity contribution >= 4 is 44.3 Å². The second-order valence-electron chi connectivity index (χ2n) is 5.76. The number of H-pyrrole nitrogens is 1. The van der Waals surface area contributed by atoms with Crippen molar-refractivity contribution in [3.63, 3.8) is 0 Å². The highest BCUT2D eigenvalue weighted by Crippen LogP contribution is 2.30. The summed E-state index contributed by atoms with van der Waals surface area (Å²) in [5.41, 5.74) is 4.20. The highest BCUT2D eigenvalue weighted by atomic mass is 79.9. The monoisotopic (exact) mass is 388 g/mol. The molecule has 23 heavy (non-hydrogen) atoms. The van der Waals surface area contributed by atoms with Gasteiger partial charge in [-0.15, -0.1) is 0 Å². The molecular formula is C18H14BrClN2O. The normalized spacial score (nSPS) is 14.1. The number of benzene rings is 2. The Morgan fingerprint density at radius 1 is 1.22 bits per heavy atom. The first-order valence-electron chi connectivity index (χ1n) is 7.45. The molecule has 0 fully saturated rings. The Bertz CT molecular complexity index is 919. The molecule has 0 bridgehead atoms. The summed E-state index contributed by atoms with van der Waals surface area (Å²) in [5.74, 6) is 0.0301. The number of hydrogen-bond acceptors (Lipinski definition) is 1. The van der Waals surface area contributed by atoms with Crippen LogP contribution >= 0.6 is 27.5 Å². The van der Waals surface area contributed by atoms with E-state index in [1.165, 1.54) is 16.6 Å². The van der Waals surface area contributed by atoms with Crippen molar-refractivity contribution in [2.45, 2.75) is 13.0 Å². The number of rotatable bonds is 1.